The molecule has 2 rings (SSSR count). The van der Waals surface area contributed by atoms with E-state index in [1.165, 1.54) is 0 Å². The van der Waals surface area contributed by atoms with Crippen LogP contribution in [0.4, 0.5) is 5.69 Å². The Morgan fingerprint density at radius 1 is 1.43 bits per heavy atom. The minimum atomic E-state index is -0.935. The van der Waals surface area contributed by atoms with Crippen LogP contribution in [-0.2, 0) is 16.0 Å². The van der Waals surface area contributed by atoms with E-state index in [2.05, 4.69) is 0 Å². The summed E-state index contributed by atoms with van der Waals surface area (Å²) in [5.41, 5.74) is 2.06. The lowest BCUT2D eigenvalue weighted by atomic mass is 9.98. The van der Waals surface area contributed by atoms with E-state index in [1.807, 2.05) is 6.92 Å². The number of carboxylic acid groups (broad SMARTS) is 1. The Hall–Kier alpha value is -1.88. The fraction of sp³-hybridized carbons (Fsp3) is 0.500. The zero-order valence-corrected chi connectivity index (χ0v) is 12.5. The molecule has 0 fully saturated rings. The molecule has 1 amide bonds. The molecular weight excluding hydrogens is 270 g/mol. The molecule has 114 valence electrons. The van der Waals surface area contributed by atoms with Crippen molar-refractivity contribution in [1.29, 1.82) is 0 Å². The maximum absolute atomic E-state index is 12.4. The number of anilines is 1. The second kappa shape index (κ2) is 6.72. The molecule has 1 aromatic rings. The highest BCUT2D eigenvalue weighted by Crippen LogP contribution is 2.29. The summed E-state index contributed by atoms with van der Waals surface area (Å²) in [6.07, 6.45) is 2.87. The molecule has 1 heterocycles. The molecule has 1 unspecified atom stereocenters. The highest BCUT2D eigenvalue weighted by molar-refractivity contribution is 5.96. The van der Waals surface area contributed by atoms with Crippen molar-refractivity contribution in [3.05, 3.63) is 29.3 Å². The van der Waals surface area contributed by atoms with Crippen molar-refractivity contribution in [2.45, 2.75) is 38.7 Å². The molecule has 0 aliphatic carbocycles. The number of carboxylic acids is 1. The number of methoxy groups -OCH3 is 1. The van der Waals surface area contributed by atoms with Crippen LogP contribution in [-0.4, -0.2) is 36.7 Å². The summed E-state index contributed by atoms with van der Waals surface area (Å²) in [5.74, 6) is -0.863. The van der Waals surface area contributed by atoms with Crippen LogP contribution in [0.5, 0.6) is 0 Å². The number of carbonyl (C=O) groups is 2. The average molecular weight is 291 g/mol. The number of carbonyl (C=O) groups excluding carboxylic acids is 1. The van der Waals surface area contributed by atoms with Crippen molar-refractivity contribution in [3.63, 3.8) is 0 Å². The van der Waals surface area contributed by atoms with E-state index in [-0.39, 0.29) is 17.6 Å². The lowest BCUT2D eigenvalue weighted by molar-refractivity contribution is -0.119. The largest absolute Gasteiger partial charge is 0.478 e. The third kappa shape index (κ3) is 3.61. The molecule has 5 nitrogen and oxygen atoms in total. The van der Waals surface area contributed by atoms with E-state index in [1.54, 1.807) is 30.2 Å². The number of hydrogen-bond donors (Lipinski definition) is 1. The van der Waals surface area contributed by atoms with Crippen LogP contribution in [0, 0.1) is 0 Å². The van der Waals surface area contributed by atoms with Crippen molar-refractivity contribution in [3.8, 4) is 0 Å². The first-order valence-corrected chi connectivity index (χ1v) is 7.22. The number of fused-ring (bicyclic) bond motifs is 1. The molecule has 1 aliphatic rings. The molecule has 0 radical (unpaired) electrons. The van der Waals surface area contributed by atoms with Crippen molar-refractivity contribution < 1.29 is 19.4 Å². The van der Waals surface area contributed by atoms with Crippen LogP contribution in [0.1, 0.15) is 42.1 Å². The van der Waals surface area contributed by atoms with Gasteiger partial charge in [-0.05, 0) is 49.9 Å². The molecule has 0 bridgehead atoms. The van der Waals surface area contributed by atoms with Gasteiger partial charge in [0.2, 0.25) is 5.91 Å². The van der Waals surface area contributed by atoms with Crippen LogP contribution >= 0.6 is 0 Å². The summed E-state index contributed by atoms with van der Waals surface area (Å²) in [5, 5.41) is 9.04. The second-order valence-electron chi connectivity index (χ2n) is 5.38. The third-order valence-corrected chi connectivity index (χ3v) is 3.91. The van der Waals surface area contributed by atoms with Gasteiger partial charge in [0.1, 0.15) is 0 Å². The molecule has 0 aromatic heterocycles. The van der Waals surface area contributed by atoms with E-state index >= 15 is 0 Å². The molecule has 5 heteroatoms. The Bertz CT molecular complexity index is 541. The summed E-state index contributed by atoms with van der Waals surface area (Å²) >= 11 is 0. The SMILES string of the molecule is COC(C)CCC(=O)N1CCCc2cc(C(=O)O)ccc21. The van der Waals surface area contributed by atoms with Gasteiger partial charge in [-0.2, -0.15) is 0 Å². The maximum Gasteiger partial charge on any atom is 0.335 e. The fourth-order valence-corrected chi connectivity index (χ4v) is 2.57. The van der Waals surface area contributed by atoms with Crippen LogP contribution in [0.3, 0.4) is 0 Å². The van der Waals surface area contributed by atoms with Crippen LogP contribution in [0.2, 0.25) is 0 Å². The van der Waals surface area contributed by atoms with Crippen molar-refractivity contribution >= 4 is 17.6 Å². The Labute approximate surface area is 124 Å². The van der Waals surface area contributed by atoms with Gasteiger partial charge in [0.15, 0.2) is 0 Å². The van der Waals surface area contributed by atoms with Gasteiger partial charge in [0.25, 0.3) is 0 Å². The van der Waals surface area contributed by atoms with E-state index in [9.17, 15) is 9.59 Å². The summed E-state index contributed by atoms with van der Waals surface area (Å²) in [6, 6.07) is 4.98. The minimum absolute atomic E-state index is 0.0626. The van der Waals surface area contributed by atoms with Crippen molar-refractivity contribution in [2.75, 3.05) is 18.6 Å². The van der Waals surface area contributed by atoms with Crippen molar-refractivity contribution in [2.24, 2.45) is 0 Å². The maximum atomic E-state index is 12.4. The van der Waals surface area contributed by atoms with Gasteiger partial charge in [-0.1, -0.05) is 0 Å². The molecule has 1 aromatic carbocycles. The molecular formula is C16H21NO4. The zero-order valence-electron chi connectivity index (χ0n) is 12.5. The molecule has 0 saturated heterocycles. The minimum Gasteiger partial charge on any atom is -0.478 e. The lowest BCUT2D eigenvalue weighted by Gasteiger charge is -2.30. The summed E-state index contributed by atoms with van der Waals surface area (Å²) in [6.45, 7) is 2.64. The standard InChI is InChI=1S/C16H21NO4/c1-11(21-2)5-8-15(18)17-9-3-4-12-10-13(16(19)20)6-7-14(12)17/h6-7,10-11H,3-5,8-9H2,1-2H3,(H,19,20). The predicted molar refractivity (Wildman–Crippen MR) is 79.8 cm³/mol. The summed E-state index contributed by atoms with van der Waals surface area (Å²) in [7, 11) is 1.64. The van der Waals surface area contributed by atoms with Gasteiger partial charge < -0.3 is 14.7 Å². The van der Waals surface area contributed by atoms with E-state index in [0.29, 0.717) is 19.4 Å². The molecule has 1 aliphatic heterocycles. The van der Waals surface area contributed by atoms with Gasteiger partial charge in [0, 0.05) is 25.8 Å². The number of aryl methyl sites for hydroxylation is 1. The Morgan fingerprint density at radius 2 is 2.19 bits per heavy atom. The topological polar surface area (TPSA) is 66.8 Å². The zero-order chi connectivity index (χ0) is 15.4. The van der Waals surface area contributed by atoms with Gasteiger partial charge in [-0.3, -0.25) is 4.79 Å². The molecule has 0 saturated carbocycles. The van der Waals surface area contributed by atoms with Crippen molar-refractivity contribution in [1.82, 2.24) is 0 Å². The number of hydrogen-bond acceptors (Lipinski definition) is 3. The van der Waals surface area contributed by atoms with Gasteiger partial charge in [-0.25, -0.2) is 4.79 Å². The Morgan fingerprint density at radius 3 is 2.86 bits per heavy atom. The molecule has 1 atom stereocenters. The van der Waals surface area contributed by atoms with Crippen LogP contribution < -0.4 is 4.90 Å². The quantitative estimate of drug-likeness (QED) is 0.905. The average Bonchev–Trinajstić information content (AvgIpc) is 2.50. The van der Waals surface area contributed by atoms with Gasteiger partial charge in [-0.15, -0.1) is 0 Å². The first-order chi connectivity index (χ1) is 10.0. The predicted octanol–water partition coefficient (Wildman–Crippen LogP) is 2.48. The van der Waals surface area contributed by atoms with E-state index < -0.39 is 5.97 Å². The number of aromatic carboxylic acids is 1. The van der Waals surface area contributed by atoms with E-state index in [4.69, 9.17) is 9.84 Å². The Balaban J connectivity index is 2.14. The highest BCUT2D eigenvalue weighted by Gasteiger charge is 2.23. The van der Waals surface area contributed by atoms with Crippen LogP contribution in [0.15, 0.2) is 18.2 Å². The van der Waals surface area contributed by atoms with E-state index in [0.717, 1.165) is 24.1 Å². The normalized spacial score (nSPS) is 15.4. The lowest BCUT2D eigenvalue weighted by Crippen LogP contribution is -2.35. The van der Waals surface area contributed by atoms with Gasteiger partial charge >= 0.3 is 5.97 Å². The molecule has 21 heavy (non-hydrogen) atoms. The summed E-state index contributed by atoms with van der Waals surface area (Å²) < 4.78 is 5.16. The number of benzene rings is 1. The number of rotatable bonds is 5. The fourth-order valence-electron chi connectivity index (χ4n) is 2.57. The van der Waals surface area contributed by atoms with Crippen LogP contribution in [0.25, 0.3) is 0 Å². The first kappa shape index (κ1) is 15.5. The number of ether oxygens (including phenoxy) is 1. The smallest absolute Gasteiger partial charge is 0.335 e. The third-order valence-electron chi connectivity index (χ3n) is 3.91. The molecule has 0 spiro atoms. The second-order valence-corrected chi connectivity index (χ2v) is 5.38. The number of nitrogens with zero attached hydrogens (tertiary/aromatic N) is 1. The Kier molecular flexibility index (Phi) is 4.96. The molecule has 1 N–H and O–H groups in total. The first-order valence-electron chi connectivity index (χ1n) is 7.22. The highest BCUT2D eigenvalue weighted by atomic mass is 16.5. The number of amides is 1. The monoisotopic (exact) mass is 291 g/mol. The summed E-state index contributed by atoms with van der Waals surface area (Å²) in [4.78, 5) is 25.1. The van der Waals surface area contributed by atoms with Gasteiger partial charge in [0.05, 0.1) is 11.7 Å².